The molecule has 0 saturated heterocycles. The van der Waals surface area contributed by atoms with E-state index in [4.69, 9.17) is 4.42 Å². The molecule has 35 heavy (non-hydrogen) atoms. The van der Waals surface area contributed by atoms with Gasteiger partial charge in [0.05, 0.1) is 17.2 Å². The SMILES string of the molecule is CCC(=O)Nc1ccc(S(=O)(=O)N2CCc3ccccc3[C@@H]2CC(=O)NCCc2ccco2)cc1. The Balaban J connectivity index is 1.53. The van der Waals surface area contributed by atoms with E-state index in [9.17, 15) is 18.0 Å². The molecule has 1 atom stereocenters. The van der Waals surface area contributed by atoms with Gasteiger partial charge in [0.25, 0.3) is 0 Å². The number of fused-ring (bicyclic) bond motifs is 1. The lowest BCUT2D eigenvalue weighted by Crippen LogP contribution is -2.42. The van der Waals surface area contributed by atoms with Crippen molar-refractivity contribution in [3.63, 3.8) is 0 Å². The largest absolute Gasteiger partial charge is 0.469 e. The van der Waals surface area contributed by atoms with Gasteiger partial charge in [-0.25, -0.2) is 8.42 Å². The summed E-state index contributed by atoms with van der Waals surface area (Å²) in [5.41, 5.74) is 2.42. The van der Waals surface area contributed by atoms with E-state index in [1.165, 1.54) is 16.4 Å². The molecule has 0 unspecified atom stereocenters. The van der Waals surface area contributed by atoms with Crippen molar-refractivity contribution in [2.45, 2.75) is 43.5 Å². The van der Waals surface area contributed by atoms with Crippen molar-refractivity contribution in [3.8, 4) is 0 Å². The lowest BCUT2D eigenvalue weighted by Gasteiger charge is -2.36. The summed E-state index contributed by atoms with van der Waals surface area (Å²) in [7, 11) is -3.88. The standard InChI is InChI=1S/C26H29N3O5S/c1-2-25(30)28-20-9-11-22(12-10-20)35(32,33)29-16-14-19-6-3-4-8-23(19)24(29)18-26(31)27-15-13-21-7-5-17-34-21/h3-12,17,24H,2,13-16,18H2,1H3,(H,27,31)(H,28,30)/t24-/m0/s1. The van der Waals surface area contributed by atoms with Crippen LogP contribution in [0.15, 0.2) is 76.2 Å². The van der Waals surface area contributed by atoms with Gasteiger partial charge < -0.3 is 15.1 Å². The molecule has 0 spiro atoms. The van der Waals surface area contributed by atoms with E-state index in [1.54, 1.807) is 31.4 Å². The first-order valence-electron chi connectivity index (χ1n) is 11.7. The first kappa shape index (κ1) is 24.7. The van der Waals surface area contributed by atoms with Crippen LogP contribution in [0.25, 0.3) is 0 Å². The number of carbonyl (C=O) groups excluding carboxylic acids is 2. The number of benzene rings is 2. The van der Waals surface area contributed by atoms with Crippen LogP contribution in [0.2, 0.25) is 0 Å². The third-order valence-electron chi connectivity index (χ3n) is 6.08. The number of furan rings is 1. The van der Waals surface area contributed by atoms with E-state index in [-0.39, 0.29) is 29.7 Å². The third kappa shape index (κ3) is 5.80. The molecule has 2 heterocycles. The molecule has 1 aliphatic heterocycles. The molecule has 0 bridgehead atoms. The van der Waals surface area contributed by atoms with Crippen LogP contribution in [0.1, 0.15) is 42.7 Å². The fourth-order valence-corrected chi connectivity index (χ4v) is 5.86. The highest BCUT2D eigenvalue weighted by molar-refractivity contribution is 7.89. The van der Waals surface area contributed by atoms with Crippen LogP contribution in [0.4, 0.5) is 5.69 Å². The minimum Gasteiger partial charge on any atom is -0.469 e. The molecule has 184 valence electrons. The van der Waals surface area contributed by atoms with Crippen molar-refractivity contribution in [2.24, 2.45) is 0 Å². The molecule has 0 aliphatic carbocycles. The maximum atomic E-state index is 13.6. The van der Waals surface area contributed by atoms with Crippen molar-refractivity contribution in [1.82, 2.24) is 9.62 Å². The maximum Gasteiger partial charge on any atom is 0.243 e. The Morgan fingerprint density at radius 1 is 1.03 bits per heavy atom. The van der Waals surface area contributed by atoms with Gasteiger partial charge >= 0.3 is 0 Å². The number of sulfonamides is 1. The molecule has 4 rings (SSSR count). The van der Waals surface area contributed by atoms with Crippen LogP contribution in [-0.2, 0) is 32.5 Å². The highest BCUT2D eigenvalue weighted by Crippen LogP contribution is 2.36. The van der Waals surface area contributed by atoms with Gasteiger partial charge in [-0.15, -0.1) is 0 Å². The molecular formula is C26H29N3O5S. The third-order valence-corrected chi connectivity index (χ3v) is 8.00. The Morgan fingerprint density at radius 2 is 1.80 bits per heavy atom. The van der Waals surface area contributed by atoms with Crippen molar-refractivity contribution in [2.75, 3.05) is 18.4 Å². The molecule has 2 amide bonds. The van der Waals surface area contributed by atoms with Crippen LogP contribution in [0.3, 0.4) is 0 Å². The quantitative estimate of drug-likeness (QED) is 0.471. The Bertz CT molecular complexity index is 1270. The molecule has 1 aliphatic rings. The van der Waals surface area contributed by atoms with Crippen molar-refractivity contribution < 1.29 is 22.4 Å². The van der Waals surface area contributed by atoms with Gasteiger partial charge in [0, 0.05) is 38.0 Å². The van der Waals surface area contributed by atoms with E-state index in [0.717, 1.165) is 16.9 Å². The Morgan fingerprint density at radius 3 is 2.51 bits per heavy atom. The van der Waals surface area contributed by atoms with Crippen molar-refractivity contribution in [3.05, 3.63) is 83.8 Å². The minimum absolute atomic E-state index is 0.0129. The molecule has 8 nitrogen and oxygen atoms in total. The fraction of sp³-hybridized carbons (Fsp3) is 0.308. The topological polar surface area (TPSA) is 109 Å². The molecule has 3 aromatic rings. The van der Waals surface area contributed by atoms with Crippen molar-refractivity contribution in [1.29, 1.82) is 0 Å². The number of anilines is 1. The van der Waals surface area contributed by atoms with Gasteiger partial charge in [-0.3, -0.25) is 9.59 Å². The highest BCUT2D eigenvalue weighted by Gasteiger charge is 2.37. The van der Waals surface area contributed by atoms with Gasteiger partial charge in [0.2, 0.25) is 21.8 Å². The van der Waals surface area contributed by atoms with Crippen molar-refractivity contribution >= 4 is 27.5 Å². The summed E-state index contributed by atoms with van der Waals surface area (Å²) in [5.74, 6) is 0.401. The molecule has 2 aromatic carbocycles. The average molecular weight is 496 g/mol. The maximum absolute atomic E-state index is 13.6. The van der Waals surface area contributed by atoms with Crippen LogP contribution in [0.5, 0.6) is 0 Å². The second-order valence-corrected chi connectivity index (χ2v) is 10.3. The van der Waals surface area contributed by atoms with Crippen LogP contribution >= 0.6 is 0 Å². The second-order valence-electron chi connectivity index (χ2n) is 8.39. The minimum atomic E-state index is -3.88. The zero-order valence-corrected chi connectivity index (χ0v) is 20.4. The van der Waals surface area contributed by atoms with E-state index in [1.807, 2.05) is 30.3 Å². The van der Waals surface area contributed by atoms with Gasteiger partial charge in [-0.2, -0.15) is 4.31 Å². The Kier molecular flexibility index (Phi) is 7.67. The number of nitrogens with zero attached hydrogens (tertiary/aromatic N) is 1. The van der Waals surface area contributed by atoms with Crippen LogP contribution in [-0.4, -0.2) is 37.6 Å². The molecular weight excluding hydrogens is 466 g/mol. The van der Waals surface area contributed by atoms with Gasteiger partial charge in [0.15, 0.2) is 0 Å². The van der Waals surface area contributed by atoms with Gasteiger partial charge in [-0.05, 0) is 53.9 Å². The molecule has 0 radical (unpaired) electrons. The molecule has 0 saturated carbocycles. The second kappa shape index (κ2) is 10.9. The number of hydrogen-bond acceptors (Lipinski definition) is 5. The number of carbonyl (C=O) groups is 2. The van der Waals surface area contributed by atoms with Gasteiger partial charge in [0.1, 0.15) is 5.76 Å². The number of nitrogens with one attached hydrogen (secondary N) is 2. The first-order chi connectivity index (χ1) is 16.9. The number of rotatable bonds is 9. The number of hydrogen-bond donors (Lipinski definition) is 2. The summed E-state index contributed by atoms with van der Waals surface area (Å²) >= 11 is 0. The Labute approximate surface area is 205 Å². The summed E-state index contributed by atoms with van der Waals surface area (Å²) in [4.78, 5) is 24.6. The molecule has 2 N–H and O–H groups in total. The lowest BCUT2D eigenvalue weighted by molar-refractivity contribution is -0.122. The zero-order chi connectivity index (χ0) is 24.8. The summed E-state index contributed by atoms with van der Waals surface area (Å²) in [6.45, 7) is 2.42. The fourth-order valence-electron chi connectivity index (χ4n) is 4.25. The molecule has 0 fully saturated rings. The number of amides is 2. The zero-order valence-electron chi connectivity index (χ0n) is 19.6. The molecule has 9 heteroatoms. The van der Waals surface area contributed by atoms with Crippen LogP contribution in [0, 0.1) is 0 Å². The average Bonchev–Trinajstić information content (AvgIpc) is 3.38. The predicted molar refractivity (Wildman–Crippen MR) is 132 cm³/mol. The lowest BCUT2D eigenvalue weighted by atomic mass is 9.92. The summed E-state index contributed by atoms with van der Waals surface area (Å²) < 4.78 is 34.0. The van der Waals surface area contributed by atoms with E-state index >= 15 is 0 Å². The van der Waals surface area contributed by atoms with E-state index in [2.05, 4.69) is 10.6 Å². The van der Waals surface area contributed by atoms with Crippen LogP contribution < -0.4 is 10.6 Å². The van der Waals surface area contributed by atoms with Gasteiger partial charge in [-0.1, -0.05) is 31.2 Å². The predicted octanol–water partition coefficient (Wildman–Crippen LogP) is 3.67. The molecule has 1 aromatic heterocycles. The summed E-state index contributed by atoms with van der Waals surface area (Å²) in [6.07, 6.45) is 3.06. The summed E-state index contributed by atoms with van der Waals surface area (Å²) in [5, 5.41) is 5.60. The normalized spacial score (nSPS) is 15.9. The smallest absolute Gasteiger partial charge is 0.243 e. The highest BCUT2D eigenvalue weighted by atomic mass is 32.2. The first-order valence-corrected chi connectivity index (χ1v) is 13.1. The summed E-state index contributed by atoms with van der Waals surface area (Å²) in [6, 6.07) is 16.8. The van der Waals surface area contributed by atoms with E-state index < -0.39 is 16.1 Å². The van der Waals surface area contributed by atoms with E-state index in [0.29, 0.717) is 31.5 Å². The monoisotopic (exact) mass is 495 g/mol. The Hall–Kier alpha value is -3.43.